The van der Waals surface area contributed by atoms with Crippen LogP contribution in [0.3, 0.4) is 0 Å². The van der Waals surface area contributed by atoms with E-state index in [2.05, 4.69) is 5.32 Å². The number of sulfonamides is 1. The van der Waals surface area contributed by atoms with Crippen LogP contribution >= 0.6 is 0 Å². The van der Waals surface area contributed by atoms with Crippen LogP contribution in [0, 0.1) is 5.82 Å². The molecule has 0 atom stereocenters. The highest BCUT2D eigenvalue weighted by molar-refractivity contribution is 7.92. The largest absolute Gasteiger partial charge is 0.497 e. The number of carbonyl (C=O) groups is 1. The number of halogens is 1. The Morgan fingerprint density at radius 3 is 2.48 bits per heavy atom. The molecule has 2 rings (SSSR count). The van der Waals surface area contributed by atoms with Crippen molar-refractivity contribution in [3.05, 3.63) is 59.9 Å². The van der Waals surface area contributed by atoms with Gasteiger partial charge in [0.15, 0.2) is 0 Å². The fraction of sp³-hybridized carbons (Fsp3) is 0.235. The van der Waals surface area contributed by atoms with Crippen LogP contribution in [-0.4, -0.2) is 40.8 Å². The molecule has 2 aromatic carbocycles. The molecule has 0 bridgehead atoms. The molecular weight excluding hydrogens is 347 g/mol. The average Bonchev–Trinajstić information content (AvgIpc) is 2.58. The van der Waals surface area contributed by atoms with Crippen molar-refractivity contribution in [2.75, 3.05) is 30.8 Å². The zero-order chi connectivity index (χ0) is 18.4. The van der Waals surface area contributed by atoms with Crippen LogP contribution in [0.15, 0.2) is 48.5 Å². The van der Waals surface area contributed by atoms with Crippen molar-refractivity contribution < 1.29 is 22.3 Å². The number of carbonyl (C=O) groups excluding carboxylic acids is 1. The van der Waals surface area contributed by atoms with Crippen LogP contribution in [0.25, 0.3) is 0 Å². The van der Waals surface area contributed by atoms with Crippen molar-refractivity contribution >= 4 is 21.6 Å². The highest BCUT2D eigenvalue weighted by Gasteiger charge is 2.17. The molecule has 0 saturated carbocycles. The number of nitrogens with one attached hydrogen (secondary N) is 1. The molecule has 0 heterocycles. The van der Waals surface area contributed by atoms with Crippen molar-refractivity contribution in [1.82, 2.24) is 5.32 Å². The lowest BCUT2D eigenvalue weighted by molar-refractivity contribution is 0.0954. The topological polar surface area (TPSA) is 75.7 Å². The van der Waals surface area contributed by atoms with E-state index in [-0.39, 0.29) is 19.0 Å². The van der Waals surface area contributed by atoms with Gasteiger partial charge in [-0.25, -0.2) is 12.8 Å². The van der Waals surface area contributed by atoms with Gasteiger partial charge in [-0.05, 0) is 42.5 Å². The molecule has 8 heteroatoms. The van der Waals surface area contributed by atoms with E-state index in [0.29, 0.717) is 17.0 Å². The number of anilines is 1. The highest BCUT2D eigenvalue weighted by atomic mass is 32.2. The summed E-state index contributed by atoms with van der Waals surface area (Å²) in [6.45, 7) is 0.126. The first kappa shape index (κ1) is 18.7. The maximum Gasteiger partial charge on any atom is 0.251 e. The molecule has 25 heavy (non-hydrogen) atoms. The molecule has 0 saturated heterocycles. The predicted octanol–water partition coefficient (Wildman–Crippen LogP) is 2.03. The Morgan fingerprint density at radius 1 is 1.20 bits per heavy atom. The van der Waals surface area contributed by atoms with E-state index >= 15 is 0 Å². The van der Waals surface area contributed by atoms with E-state index in [1.165, 1.54) is 31.4 Å². The Kier molecular flexibility index (Phi) is 5.97. The van der Waals surface area contributed by atoms with Crippen LogP contribution in [0.2, 0.25) is 0 Å². The van der Waals surface area contributed by atoms with Crippen LogP contribution in [0.5, 0.6) is 5.75 Å². The molecule has 0 aliphatic heterocycles. The molecule has 0 aromatic heterocycles. The van der Waals surface area contributed by atoms with Crippen LogP contribution in [-0.2, 0) is 10.0 Å². The third-order valence-corrected chi connectivity index (χ3v) is 4.64. The number of rotatable bonds is 7. The van der Waals surface area contributed by atoms with E-state index in [4.69, 9.17) is 4.74 Å². The second-order valence-electron chi connectivity index (χ2n) is 5.30. The average molecular weight is 366 g/mol. The van der Waals surface area contributed by atoms with E-state index in [1.54, 1.807) is 24.3 Å². The molecule has 134 valence electrons. The maximum absolute atomic E-state index is 13.0. The van der Waals surface area contributed by atoms with Gasteiger partial charge in [0.1, 0.15) is 11.6 Å². The van der Waals surface area contributed by atoms with Crippen molar-refractivity contribution in [3.63, 3.8) is 0 Å². The molecule has 1 amide bonds. The van der Waals surface area contributed by atoms with Gasteiger partial charge in [0.05, 0.1) is 25.6 Å². The van der Waals surface area contributed by atoms with E-state index < -0.39 is 15.8 Å². The van der Waals surface area contributed by atoms with Gasteiger partial charge in [0.2, 0.25) is 10.0 Å². The molecule has 0 radical (unpaired) electrons. The van der Waals surface area contributed by atoms with Gasteiger partial charge in [-0.3, -0.25) is 9.10 Å². The number of methoxy groups -OCH3 is 1. The smallest absolute Gasteiger partial charge is 0.251 e. The Balaban J connectivity index is 2.03. The van der Waals surface area contributed by atoms with Crippen molar-refractivity contribution in [1.29, 1.82) is 0 Å². The number of hydrogen-bond donors (Lipinski definition) is 1. The molecule has 0 fully saturated rings. The standard InChI is InChI=1S/C17H19FN2O4S/c1-24-16-5-3-4-13(12-16)17(21)19-10-11-20(25(2,22)23)15-8-6-14(18)7-9-15/h3-9,12H,10-11H2,1-2H3,(H,19,21). The van der Waals surface area contributed by atoms with E-state index in [0.717, 1.165) is 10.6 Å². The summed E-state index contributed by atoms with van der Waals surface area (Å²) in [5.41, 5.74) is 0.742. The molecule has 2 aromatic rings. The van der Waals surface area contributed by atoms with Gasteiger partial charge >= 0.3 is 0 Å². The third kappa shape index (κ3) is 5.18. The Hall–Kier alpha value is -2.61. The molecule has 0 unspecified atom stereocenters. The van der Waals surface area contributed by atoms with Crippen LogP contribution in [0.4, 0.5) is 10.1 Å². The first-order chi connectivity index (χ1) is 11.8. The van der Waals surface area contributed by atoms with Gasteiger partial charge in [-0.1, -0.05) is 6.07 Å². The number of amides is 1. The Morgan fingerprint density at radius 2 is 1.88 bits per heavy atom. The summed E-state index contributed by atoms with van der Waals surface area (Å²) in [6.07, 6.45) is 1.06. The SMILES string of the molecule is COc1cccc(C(=O)NCCN(c2ccc(F)cc2)S(C)(=O)=O)c1. The van der Waals surface area contributed by atoms with Crippen molar-refractivity contribution in [2.24, 2.45) is 0 Å². The quantitative estimate of drug-likeness (QED) is 0.814. The molecule has 1 N–H and O–H groups in total. The van der Waals surface area contributed by atoms with Gasteiger partial charge in [0, 0.05) is 12.1 Å². The minimum absolute atomic E-state index is 0.0280. The first-order valence-corrected chi connectivity index (χ1v) is 9.31. The van der Waals surface area contributed by atoms with Gasteiger partial charge < -0.3 is 10.1 Å². The van der Waals surface area contributed by atoms with Gasteiger partial charge in [-0.15, -0.1) is 0 Å². The normalized spacial score (nSPS) is 11.0. The predicted molar refractivity (Wildman–Crippen MR) is 93.9 cm³/mol. The lowest BCUT2D eigenvalue weighted by Crippen LogP contribution is -2.38. The maximum atomic E-state index is 13.0. The minimum atomic E-state index is -3.56. The number of ether oxygens (including phenoxy) is 1. The summed E-state index contributed by atoms with van der Waals surface area (Å²) >= 11 is 0. The summed E-state index contributed by atoms with van der Waals surface area (Å²) in [4.78, 5) is 12.1. The molecule has 0 aliphatic carbocycles. The summed E-state index contributed by atoms with van der Waals surface area (Å²) < 4.78 is 43.1. The highest BCUT2D eigenvalue weighted by Crippen LogP contribution is 2.17. The minimum Gasteiger partial charge on any atom is -0.497 e. The Bertz CT molecular complexity index is 838. The first-order valence-electron chi connectivity index (χ1n) is 7.47. The summed E-state index contributed by atoms with van der Waals surface area (Å²) in [6, 6.07) is 11.7. The Labute approximate surface area is 146 Å². The molecular formula is C17H19FN2O4S. The van der Waals surface area contributed by atoms with Crippen molar-refractivity contribution in [2.45, 2.75) is 0 Å². The molecule has 0 aliphatic rings. The zero-order valence-corrected chi connectivity index (χ0v) is 14.7. The number of nitrogens with zero attached hydrogens (tertiary/aromatic N) is 1. The fourth-order valence-electron chi connectivity index (χ4n) is 2.23. The molecule has 0 spiro atoms. The monoisotopic (exact) mass is 366 g/mol. The fourth-order valence-corrected chi connectivity index (χ4v) is 3.16. The summed E-state index contributed by atoms with van der Waals surface area (Å²) in [5, 5.41) is 2.66. The number of hydrogen-bond acceptors (Lipinski definition) is 4. The van der Waals surface area contributed by atoms with Gasteiger partial charge in [0.25, 0.3) is 5.91 Å². The lowest BCUT2D eigenvalue weighted by atomic mass is 10.2. The van der Waals surface area contributed by atoms with E-state index in [1.807, 2.05) is 0 Å². The van der Waals surface area contributed by atoms with Crippen molar-refractivity contribution in [3.8, 4) is 5.75 Å². The number of benzene rings is 2. The second kappa shape index (κ2) is 7.98. The van der Waals surface area contributed by atoms with E-state index in [9.17, 15) is 17.6 Å². The summed E-state index contributed by atoms with van der Waals surface area (Å²) in [5.74, 6) is -0.244. The second-order valence-corrected chi connectivity index (χ2v) is 7.21. The van der Waals surface area contributed by atoms with Crippen LogP contribution in [0.1, 0.15) is 10.4 Å². The summed E-state index contributed by atoms with van der Waals surface area (Å²) in [7, 11) is -2.06. The van der Waals surface area contributed by atoms with Gasteiger partial charge in [-0.2, -0.15) is 0 Å². The third-order valence-electron chi connectivity index (χ3n) is 3.45. The zero-order valence-electron chi connectivity index (χ0n) is 13.9. The van der Waals surface area contributed by atoms with Crippen LogP contribution < -0.4 is 14.4 Å². The molecule has 6 nitrogen and oxygen atoms in total. The lowest BCUT2D eigenvalue weighted by Gasteiger charge is -2.22.